The highest BCUT2D eigenvalue weighted by atomic mass is 79.9. The lowest BCUT2D eigenvalue weighted by molar-refractivity contribution is 1.05. The van der Waals surface area contributed by atoms with E-state index in [2.05, 4.69) is 43.0 Å². The van der Waals surface area contributed by atoms with Crippen molar-refractivity contribution in [2.24, 2.45) is 0 Å². The molecule has 0 saturated heterocycles. The number of nitrogens with one attached hydrogen (secondary N) is 1. The standard InChI is InChI=1S/C15H12BrN3S/c16-12-6-4-11(5-7-12)14-9-18-15(19-14)20-10-13-3-1-2-8-17-13/h1-9H,10H2,(H,18,19). The summed E-state index contributed by atoms with van der Waals surface area (Å²) in [6.07, 6.45) is 3.68. The minimum absolute atomic E-state index is 0.814. The summed E-state index contributed by atoms with van der Waals surface area (Å²) in [5.74, 6) is 0.814. The number of benzene rings is 1. The molecule has 0 atom stereocenters. The number of aromatic amines is 1. The molecule has 0 fully saturated rings. The SMILES string of the molecule is Brc1ccc(-c2cnc(SCc3ccccn3)[nH]2)cc1. The van der Waals surface area contributed by atoms with Gasteiger partial charge >= 0.3 is 0 Å². The van der Waals surface area contributed by atoms with E-state index >= 15 is 0 Å². The number of pyridine rings is 1. The quantitative estimate of drug-likeness (QED) is 0.706. The van der Waals surface area contributed by atoms with E-state index in [0.717, 1.165) is 32.3 Å². The summed E-state index contributed by atoms with van der Waals surface area (Å²) in [6, 6.07) is 14.1. The molecule has 0 amide bonds. The monoisotopic (exact) mass is 345 g/mol. The summed E-state index contributed by atoms with van der Waals surface area (Å²) in [6.45, 7) is 0. The fourth-order valence-electron chi connectivity index (χ4n) is 1.78. The second-order valence-electron chi connectivity index (χ2n) is 4.22. The third kappa shape index (κ3) is 3.29. The fourth-order valence-corrected chi connectivity index (χ4v) is 2.81. The molecule has 5 heteroatoms. The topological polar surface area (TPSA) is 41.6 Å². The molecule has 1 N–H and O–H groups in total. The van der Waals surface area contributed by atoms with E-state index in [1.807, 2.05) is 42.7 Å². The predicted molar refractivity (Wildman–Crippen MR) is 85.5 cm³/mol. The van der Waals surface area contributed by atoms with Crippen LogP contribution in [-0.2, 0) is 5.75 Å². The highest BCUT2D eigenvalue weighted by Gasteiger charge is 2.04. The molecule has 0 saturated carbocycles. The molecule has 1 aromatic carbocycles. The number of nitrogens with zero attached hydrogens (tertiary/aromatic N) is 2. The van der Waals surface area contributed by atoms with Crippen molar-refractivity contribution in [2.45, 2.75) is 10.9 Å². The number of hydrogen-bond donors (Lipinski definition) is 1. The van der Waals surface area contributed by atoms with Crippen molar-refractivity contribution >= 4 is 27.7 Å². The third-order valence-electron chi connectivity index (χ3n) is 2.79. The van der Waals surface area contributed by atoms with E-state index in [4.69, 9.17) is 0 Å². The Kier molecular flexibility index (Phi) is 4.18. The first-order valence-electron chi connectivity index (χ1n) is 6.15. The Bertz CT molecular complexity index is 680. The molecule has 2 heterocycles. The van der Waals surface area contributed by atoms with Crippen molar-refractivity contribution in [3.63, 3.8) is 0 Å². The zero-order chi connectivity index (χ0) is 13.8. The van der Waals surface area contributed by atoms with Crippen LogP contribution in [0, 0.1) is 0 Å². The van der Waals surface area contributed by atoms with Gasteiger partial charge in [-0.1, -0.05) is 45.9 Å². The highest BCUT2D eigenvalue weighted by Crippen LogP contribution is 2.24. The second-order valence-corrected chi connectivity index (χ2v) is 6.10. The Morgan fingerprint density at radius 1 is 1.05 bits per heavy atom. The third-order valence-corrected chi connectivity index (χ3v) is 4.24. The van der Waals surface area contributed by atoms with E-state index < -0.39 is 0 Å². The minimum atomic E-state index is 0.814. The Morgan fingerprint density at radius 3 is 2.65 bits per heavy atom. The van der Waals surface area contributed by atoms with Crippen molar-refractivity contribution in [3.8, 4) is 11.3 Å². The molecule has 0 radical (unpaired) electrons. The van der Waals surface area contributed by atoms with Gasteiger partial charge in [-0.25, -0.2) is 4.98 Å². The molecule has 0 aliphatic carbocycles. The van der Waals surface area contributed by atoms with Crippen LogP contribution in [0.15, 0.2) is 64.5 Å². The van der Waals surface area contributed by atoms with Gasteiger partial charge in [-0.3, -0.25) is 4.98 Å². The number of H-pyrrole nitrogens is 1. The molecule has 0 spiro atoms. The molecular formula is C15H12BrN3S. The van der Waals surface area contributed by atoms with E-state index in [1.54, 1.807) is 11.8 Å². The van der Waals surface area contributed by atoms with E-state index in [-0.39, 0.29) is 0 Å². The molecular weight excluding hydrogens is 334 g/mol. The van der Waals surface area contributed by atoms with Crippen LogP contribution in [0.2, 0.25) is 0 Å². The first-order valence-corrected chi connectivity index (χ1v) is 7.93. The molecule has 3 rings (SSSR count). The maximum Gasteiger partial charge on any atom is 0.166 e. The molecule has 2 aromatic heterocycles. The first-order chi connectivity index (χ1) is 9.81. The summed E-state index contributed by atoms with van der Waals surface area (Å²) >= 11 is 5.09. The zero-order valence-electron chi connectivity index (χ0n) is 10.6. The summed E-state index contributed by atoms with van der Waals surface area (Å²) in [5.41, 5.74) is 3.21. The summed E-state index contributed by atoms with van der Waals surface area (Å²) in [7, 11) is 0. The van der Waals surface area contributed by atoms with E-state index in [9.17, 15) is 0 Å². The normalized spacial score (nSPS) is 10.7. The van der Waals surface area contributed by atoms with Crippen LogP contribution < -0.4 is 0 Å². The average Bonchev–Trinajstić information content (AvgIpc) is 2.96. The molecule has 3 nitrogen and oxygen atoms in total. The van der Waals surface area contributed by atoms with Gasteiger partial charge in [0.2, 0.25) is 0 Å². The van der Waals surface area contributed by atoms with Crippen molar-refractivity contribution in [2.75, 3.05) is 0 Å². The largest absolute Gasteiger partial charge is 0.333 e. The van der Waals surface area contributed by atoms with E-state index in [1.165, 1.54) is 0 Å². The number of hydrogen-bond acceptors (Lipinski definition) is 3. The van der Waals surface area contributed by atoms with Gasteiger partial charge in [0.25, 0.3) is 0 Å². The predicted octanol–water partition coefficient (Wildman–Crippen LogP) is 4.53. The number of thioether (sulfide) groups is 1. The lowest BCUT2D eigenvalue weighted by atomic mass is 10.2. The van der Waals surface area contributed by atoms with Crippen LogP contribution in [0.4, 0.5) is 0 Å². The van der Waals surface area contributed by atoms with Crippen molar-refractivity contribution in [1.82, 2.24) is 15.0 Å². The number of rotatable bonds is 4. The number of halogens is 1. The van der Waals surface area contributed by atoms with Gasteiger partial charge in [-0.05, 0) is 29.8 Å². The van der Waals surface area contributed by atoms with Crippen molar-refractivity contribution < 1.29 is 0 Å². The molecule has 3 aromatic rings. The summed E-state index contributed by atoms with van der Waals surface area (Å²) in [5, 5.41) is 0.911. The van der Waals surface area contributed by atoms with Gasteiger partial charge < -0.3 is 4.98 Å². The van der Waals surface area contributed by atoms with Crippen LogP contribution in [0.1, 0.15) is 5.69 Å². The Morgan fingerprint density at radius 2 is 1.90 bits per heavy atom. The molecule has 0 aliphatic rings. The van der Waals surface area contributed by atoms with Gasteiger partial charge in [0, 0.05) is 16.4 Å². The van der Waals surface area contributed by atoms with Crippen LogP contribution in [0.3, 0.4) is 0 Å². The molecule has 0 bridgehead atoms. The zero-order valence-corrected chi connectivity index (χ0v) is 13.0. The lowest BCUT2D eigenvalue weighted by Crippen LogP contribution is -1.85. The molecule has 0 unspecified atom stereocenters. The number of aromatic nitrogens is 3. The first kappa shape index (κ1) is 13.4. The van der Waals surface area contributed by atoms with Crippen LogP contribution in [0.25, 0.3) is 11.3 Å². The average molecular weight is 346 g/mol. The lowest BCUT2D eigenvalue weighted by Gasteiger charge is -1.99. The highest BCUT2D eigenvalue weighted by molar-refractivity contribution is 9.10. The number of imidazole rings is 1. The van der Waals surface area contributed by atoms with Gasteiger partial charge in [0.15, 0.2) is 5.16 Å². The fraction of sp³-hybridized carbons (Fsp3) is 0.0667. The maximum absolute atomic E-state index is 4.40. The van der Waals surface area contributed by atoms with Gasteiger partial charge in [-0.15, -0.1) is 0 Å². The Hall–Kier alpha value is -1.59. The van der Waals surface area contributed by atoms with Crippen LogP contribution >= 0.6 is 27.7 Å². The second kappa shape index (κ2) is 6.24. The smallest absolute Gasteiger partial charge is 0.166 e. The van der Waals surface area contributed by atoms with Crippen LogP contribution in [0.5, 0.6) is 0 Å². The summed E-state index contributed by atoms with van der Waals surface area (Å²) in [4.78, 5) is 12.0. The summed E-state index contributed by atoms with van der Waals surface area (Å²) < 4.78 is 1.07. The molecule has 20 heavy (non-hydrogen) atoms. The minimum Gasteiger partial charge on any atom is -0.333 e. The molecule has 100 valence electrons. The van der Waals surface area contributed by atoms with Crippen LogP contribution in [-0.4, -0.2) is 15.0 Å². The van der Waals surface area contributed by atoms with Gasteiger partial charge in [0.05, 0.1) is 17.6 Å². The maximum atomic E-state index is 4.40. The van der Waals surface area contributed by atoms with Gasteiger partial charge in [0.1, 0.15) is 0 Å². The van der Waals surface area contributed by atoms with Crippen molar-refractivity contribution in [3.05, 3.63) is 65.0 Å². The van der Waals surface area contributed by atoms with Crippen molar-refractivity contribution in [1.29, 1.82) is 0 Å². The Balaban J connectivity index is 1.69. The molecule has 0 aliphatic heterocycles. The Labute approximate surface area is 130 Å². The van der Waals surface area contributed by atoms with E-state index in [0.29, 0.717) is 0 Å². The van der Waals surface area contributed by atoms with Gasteiger partial charge in [-0.2, -0.15) is 0 Å².